The maximum Gasteiger partial charge on any atom is 0.274 e. The summed E-state index contributed by atoms with van der Waals surface area (Å²) in [5.74, 6) is 0.0279. The summed E-state index contributed by atoms with van der Waals surface area (Å²) in [4.78, 5) is 26.7. The number of nitrogens with two attached hydrogens (primary N) is 1. The lowest BCUT2D eigenvalue weighted by molar-refractivity contribution is 0.0688. The number of nitrogens with zero attached hydrogens (tertiary/aromatic N) is 4. The molecule has 0 aliphatic heterocycles. The number of hydrogen-bond acceptors (Lipinski definition) is 6. The highest BCUT2D eigenvalue weighted by atomic mass is 35.5. The molecule has 1 aliphatic carbocycles. The summed E-state index contributed by atoms with van der Waals surface area (Å²) in [6.07, 6.45) is 4.06. The molecule has 0 saturated heterocycles. The van der Waals surface area contributed by atoms with Crippen molar-refractivity contribution in [3.63, 3.8) is 0 Å². The van der Waals surface area contributed by atoms with Gasteiger partial charge in [-0.05, 0) is 93.0 Å². The number of rotatable bonds is 5. The monoisotopic (exact) mass is 519 g/mol. The van der Waals surface area contributed by atoms with Crippen LogP contribution in [0.3, 0.4) is 0 Å². The Balaban J connectivity index is 1.53. The van der Waals surface area contributed by atoms with E-state index in [1.54, 1.807) is 55.1 Å². The Morgan fingerprint density at radius 1 is 1.11 bits per heavy atom. The van der Waals surface area contributed by atoms with Crippen LogP contribution in [0.4, 0.5) is 10.1 Å². The minimum absolute atomic E-state index is 0.0637. The predicted molar refractivity (Wildman–Crippen MR) is 142 cm³/mol. The molecule has 0 bridgehead atoms. The number of hydrogen-bond donors (Lipinski definition) is 2. The molecule has 3 N–H and O–H groups in total. The van der Waals surface area contributed by atoms with Crippen LogP contribution >= 0.6 is 11.6 Å². The summed E-state index contributed by atoms with van der Waals surface area (Å²) in [5, 5.41) is 10.5. The first-order valence-corrected chi connectivity index (χ1v) is 12.3. The fraction of sp³-hybridized carbons (Fsp3) is 0.286. The van der Waals surface area contributed by atoms with Crippen LogP contribution in [-0.2, 0) is 5.60 Å². The third-order valence-corrected chi connectivity index (χ3v) is 7.16. The first-order valence-electron chi connectivity index (χ1n) is 12.0. The summed E-state index contributed by atoms with van der Waals surface area (Å²) in [6, 6.07) is 10.2. The molecule has 1 aromatic carbocycles. The average Bonchev–Trinajstić information content (AvgIpc) is 3.64. The van der Waals surface area contributed by atoms with Crippen molar-refractivity contribution in [1.29, 1.82) is 0 Å². The van der Waals surface area contributed by atoms with Gasteiger partial charge in [-0.15, -0.1) is 0 Å². The van der Waals surface area contributed by atoms with Gasteiger partial charge in [0, 0.05) is 18.1 Å². The molecular weight excluding hydrogens is 493 g/mol. The van der Waals surface area contributed by atoms with Crippen molar-refractivity contribution in [2.24, 2.45) is 0 Å². The van der Waals surface area contributed by atoms with Gasteiger partial charge in [0.15, 0.2) is 5.82 Å². The molecule has 37 heavy (non-hydrogen) atoms. The lowest BCUT2D eigenvalue weighted by Gasteiger charge is -2.17. The third-order valence-electron chi connectivity index (χ3n) is 6.78. The smallest absolute Gasteiger partial charge is 0.274 e. The third kappa shape index (κ3) is 4.63. The van der Waals surface area contributed by atoms with Crippen LogP contribution in [0, 0.1) is 19.7 Å². The molecule has 1 fully saturated rings. The minimum atomic E-state index is -1.21. The molecule has 9 heteroatoms. The first kappa shape index (κ1) is 25.0. The lowest BCUT2D eigenvalue weighted by atomic mass is 10.0. The number of nitrogen functional groups attached to an aromatic ring is 1. The number of anilines is 1. The zero-order valence-electron chi connectivity index (χ0n) is 21.0. The zero-order valence-corrected chi connectivity index (χ0v) is 21.7. The van der Waals surface area contributed by atoms with Crippen LogP contribution in [-0.4, -0.2) is 24.6 Å². The molecule has 4 aromatic rings. The Morgan fingerprint density at radius 3 is 2.57 bits per heavy atom. The van der Waals surface area contributed by atoms with Crippen LogP contribution in [0.15, 0.2) is 53.6 Å². The van der Waals surface area contributed by atoms with Crippen molar-refractivity contribution in [2.45, 2.75) is 51.6 Å². The Labute approximate surface area is 218 Å². The molecule has 0 radical (unpaired) electrons. The molecule has 5 rings (SSSR count). The Morgan fingerprint density at radius 2 is 1.86 bits per heavy atom. The number of aryl methyl sites for hydroxylation is 2. The second-order valence-electron chi connectivity index (χ2n) is 10.1. The van der Waals surface area contributed by atoms with E-state index in [1.165, 1.54) is 6.07 Å². The molecule has 190 valence electrons. The molecular formula is C28H27ClFN5O2. The first-order chi connectivity index (χ1) is 17.5. The molecule has 3 aromatic heterocycles. The van der Waals surface area contributed by atoms with Gasteiger partial charge in [0.1, 0.15) is 16.4 Å². The Hall–Kier alpha value is -3.62. The SMILES string of the molecule is Cc1cnc(-c2ccnc(C(C)(C)O)n2)cc1-n1c(C)cc([C@H]2C[C@@H]2c2ccc(F)c(N)c2)c(Cl)c1=O. The topological polar surface area (TPSA) is 107 Å². The average molecular weight is 520 g/mol. The minimum Gasteiger partial charge on any atom is -0.396 e. The second kappa shape index (κ2) is 9.04. The molecule has 0 amide bonds. The standard InChI is InChI=1S/C28H27ClFN5O2/c1-14-13-33-23(22-7-8-32-27(34-22)28(3,4)37)12-24(14)35-15(2)9-19(25(29)26(35)36)18-11-17(18)16-5-6-20(30)21(31)10-16/h5-10,12-13,17-18,37H,11,31H2,1-4H3/t17-,18+/m1/s1. The molecule has 1 aliphatic rings. The van der Waals surface area contributed by atoms with Crippen LogP contribution in [0.25, 0.3) is 17.1 Å². The Kier molecular flexibility index (Phi) is 6.12. The number of aromatic nitrogens is 4. The molecule has 0 unspecified atom stereocenters. The molecule has 3 heterocycles. The molecule has 2 atom stereocenters. The fourth-order valence-electron chi connectivity index (χ4n) is 4.69. The van der Waals surface area contributed by atoms with Crippen LogP contribution < -0.4 is 11.3 Å². The van der Waals surface area contributed by atoms with E-state index in [9.17, 15) is 14.3 Å². The lowest BCUT2D eigenvalue weighted by Crippen LogP contribution is -2.23. The van der Waals surface area contributed by atoms with Crippen molar-refractivity contribution in [1.82, 2.24) is 19.5 Å². The maximum absolute atomic E-state index is 13.6. The zero-order chi connectivity index (χ0) is 26.6. The van der Waals surface area contributed by atoms with E-state index in [0.717, 1.165) is 28.8 Å². The number of pyridine rings is 2. The largest absolute Gasteiger partial charge is 0.396 e. The van der Waals surface area contributed by atoms with Crippen molar-refractivity contribution >= 4 is 17.3 Å². The van der Waals surface area contributed by atoms with Gasteiger partial charge >= 0.3 is 0 Å². The van der Waals surface area contributed by atoms with Crippen LogP contribution in [0.1, 0.15) is 60.3 Å². The van der Waals surface area contributed by atoms with Crippen molar-refractivity contribution in [3.05, 3.63) is 98.2 Å². The Bertz CT molecular complexity index is 1590. The van der Waals surface area contributed by atoms with E-state index in [4.69, 9.17) is 17.3 Å². The molecule has 1 saturated carbocycles. The maximum atomic E-state index is 13.6. The van der Waals surface area contributed by atoms with E-state index in [-0.39, 0.29) is 33.9 Å². The summed E-state index contributed by atoms with van der Waals surface area (Å²) in [7, 11) is 0. The predicted octanol–water partition coefficient (Wildman–Crippen LogP) is 5.18. The van der Waals surface area contributed by atoms with Gasteiger partial charge in [0.05, 0.1) is 22.8 Å². The van der Waals surface area contributed by atoms with Gasteiger partial charge < -0.3 is 10.8 Å². The van der Waals surface area contributed by atoms with Crippen molar-refractivity contribution < 1.29 is 9.50 Å². The van der Waals surface area contributed by atoms with Crippen LogP contribution in [0.5, 0.6) is 0 Å². The highest BCUT2D eigenvalue weighted by molar-refractivity contribution is 6.31. The number of halogens is 2. The summed E-state index contributed by atoms with van der Waals surface area (Å²) in [5.41, 5.74) is 9.29. The highest BCUT2D eigenvalue weighted by Gasteiger charge is 2.41. The summed E-state index contributed by atoms with van der Waals surface area (Å²) >= 11 is 6.66. The van der Waals surface area contributed by atoms with E-state index < -0.39 is 11.4 Å². The van der Waals surface area contributed by atoms with Gasteiger partial charge in [0.25, 0.3) is 5.56 Å². The van der Waals surface area contributed by atoms with Gasteiger partial charge in [-0.2, -0.15) is 0 Å². The van der Waals surface area contributed by atoms with Gasteiger partial charge in [-0.3, -0.25) is 14.3 Å². The highest BCUT2D eigenvalue weighted by Crippen LogP contribution is 2.56. The van der Waals surface area contributed by atoms with Crippen molar-refractivity contribution in [2.75, 3.05) is 5.73 Å². The fourth-order valence-corrected chi connectivity index (χ4v) is 4.97. The molecule has 7 nitrogen and oxygen atoms in total. The second-order valence-corrected chi connectivity index (χ2v) is 10.5. The molecule has 0 spiro atoms. The van der Waals surface area contributed by atoms with E-state index in [2.05, 4.69) is 15.0 Å². The quantitative estimate of drug-likeness (QED) is 0.352. The summed E-state index contributed by atoms with van der Waals surface area (Å²) in [6.45, 7) is 6.97. The number of benzene rings is 1. The summed E-state index contributed by atoms with van der Waals surface area (Å²) < 4.78 is 15.2. The van der Waals surface area contributed by atoms with Crippen LogP contribution in [0.2, 0.25) is 5.02 Å². The van der Waals surface area contributed by atoms with E-state index in [0.29, 0.717) is 17.1 Å². The van der Waals surface area contributed by atoms with Crippen molar-refractivity contribution in [3.8, 4) is 17.1 Å². The number of aliphatic hydroxyl groups is 1. The van der Waals surface area contributed by atoms with Gasteiger partial charge in [0.2, 0.25) is 0 Å². The van der Waals surface area contributed by atoms with E-state index >= 15 is 0 Å². The van der Waals surface area contributed by atoms with E-state index in [1.807, 2.05) is 19.9 Å². The normalized spacial score (nSPS) is 17.2. The van der Waals surface area contributed by atoms with Gasteiger partial charge in [-0.25, -0.2) is 14.4 Å². The van der Waals surface area contributed by atoms with Gasteiger partial charge in [-0.1, -0.05) is 17.7 Å².